The van der Waals surface area contributed by atoms with Crippen molar-refractivity contribution in [1.82, 2.24) is 9.78 Å². The highest BCUT2D eigenvalue weighted by molar-refractivity contribution is 5.39. The van der Waals surface area contributed by atoms with Crippen molar-refractivity contribution in [3.05, 3.63) is 11.8 Å². The number of nitrogens with zero attached hydrogens (tertiary/aromatic N) is 2. The molecule has 0 bridgehead atoms. The quantitative estimate of drug-likeness (QED) is 0.719. The van der Waals surface area contributed by atoms with Gasteiger partial charge in [0.1, 0.15) is 5.82 Å². The molecule has 0 aromatic carbocycles. The van der Waals surface area contributed by atoms with Gasteiger partial charge < -0.3 is 15.6 Å². The molecule has 1 saturated heterocycles. The lowest BCUT2D eigenvalue weighted by atomic mass is 10.0. The molecule has 2 unspecified atom stereocenters. The maximum atomic E-state index is 8.85. The number of hydrogen-bond acceptors (Lipinski definition) is 4. The van der Waals surface area contributed by atoms with Gasteiger partial charge in [-0.3, -0.25) is 0 Å². The molecule has 0 spiro atoms. The molecule has 82 valence electrons. The van der Waals surface area contributed by atoms with E-state index in [2.05, 4.69) is 5.10 Å². The molecule has 2 aliphatic rings. The summed E-state index contributed by atoms with van der Waals surface area (Å²) < 4.78 is 7.10. The summed E-state index contributed by atoms with van der Waals surface area (Å²) in [7, 11) is 0. The Bertz CT molecular complexity index is 390. The van der Waals surface area contributed by atoms with Crippen LogP contribution in [0.15, 0.2) is 6.07 Å². The van der Waals surface area contributed by atoms with Crippen LogP contribution in [0, 0.1) is 5.92 Å². The van der Waals surface area contributed by atoms with Crippen molar-refractivity contribution < 1.29 is 9.84 Å². The molecule has 3 rings (SSSR count). The summed E-state index contributed by atoms with van der Waals surface area (Å²) >= 11 is 0. The SMILES string of the molecule is Nc1cc(C23COCC2C3)nn1CCO. The Morgan fingerprint density at radius 1 is 1.73 bits per heavy atom. The van der Waals surface area contributed by atoms with Gasteiger partial charge in [-0.15, -0.1) is 0 Å². The molecular formula is C10H15N3O2. The van der Waals surface area contributed by atoms with Crippen molar-refractivity contribution in [1.29, 1.82) is 0 Å². The van der Waals surface area contributed by atoms with Crippen molar-refractivity contribution >= 4 is 5.82 Å². The van der Waals surface area contributed by atoms with Crippen LogP contribution in [0.25, 0.3) is 0 Å². The van der Waals surface area contributed by atoms with Crippen molar-refractivity contribution in [2.24, 2.45) is 5.92 Å². The number of aromatic nitrogens is 2. The van der Waals surface area contributed by atoms with Gasteiger partial charge >= 0.3 is 0 Å². The van der Waals surface area contributed by atoms with E-state index in [0.29, 0.717) is 18.3 Å². The van der Waals surface area contributed by atoms with Crippen LogP contribution in [0.2, 0.25) is 0 Å². The molecule has 0 radical (unpaired) electrons. The Labute approximate surface area is 87.8 Å². The van der Waals surface area contributed by atoms with E-state index in [-0.39, 0.29) is 12.0 Å². The first kappa shape index (κ1) is 9.18. The second kappa shape index (κ2) is 2.96. The highest BCUT2D eigenvalue weighted by atomic mass is 16.5. The highest BCUT2D eigenvalue weighted by Crippen LogP contribution is 2.57. The number of ether oxygens (including phenoxy) is 1. The Morgan fingerprint density at radius 2 is 2.60 bits per heavy atom. The number of fused-ring (bicyclic) bond motifs is 1. The highest BCUT2D eigenvalue weighted by Gasteiger charge is 2.60. The predicted octanol–water partition coefficient (Wildman–Crippen LogP) is -0.255. The molecule has 1 aliphatic carbocycles. The van der Waals surface area contributed by atoms with E-state index in [0.717, 1.165) is 18.9 Å². The van der Waals surface area contributed by atoms with Gasteiger partial charge in [-0.05, 0) is 12.3 Å². The maximum Gasteiger partial charge on any atom is 0.122 e. The van der Waals surface area contributed by atoms with E-state index in [9.17, 15) is 0 Å². The second-order valence-corrected chi connectivity index (χ2v) is 4.47. The van der Waals surface area contributed by atoms with Crippen LogP contribution in [0.1, 0.15) is 12.1 Å². The molecule has 2 fully saturated rings. The zero-order valence-electron chi connectivity index (χ0n) is 8.52. The molecule has 3 N–H and O–H groups in total. The zero-order valence-corrected chi connectivity index (χ0v) is 8.52. The molecule has 1 aliphatic heterocycles. The summed E-state index contributed by atoms with van der Waals surface area (Å²) in [6.45, 7) is 2.16. The fourth-order valence-electron chi connectivity index (χ4n) is 2.50. The Balaban J connectivity index is 1.90. The van der Waals surface area contributed by atoms with Gasteiger partial charge in [0.2, 0.25) is 0 Å². The Morgan fingerprint density at radius 3 is 3.20 bits per heavy atom. The molecule has 0 amide bonds. The number of anilines is 1. The third kappa shape index (κ3) is 1.20. The van der Waals surface area contributed by atoms with Crippen molar-refractivity contribution in [2.75, 3.05) is 25.6 Å². The summed E-state index contributed by atoms with van der Waals surface area (Å²) in [4.78, 5) is 0. The van der Waals surface area contributed by atoms with E-state index in [1.807, 2.05) is 6.07 Å². The predicted molar refractivity (Wildman–Crippen MR) is 54.3 cm³/mol. The smallest absolute Gasteiger partial charge is 0.122 e. The third-order valence-electron chi connectivity index (χ3n) is 3.54. The second-order valence-electron chi connectivity index (χ2n) is 4.47. The minimum atomic E-state index is 0.0677. The van der Waals surface area contributed by atoms with Crippen molar-refractivity contribution in [3.8, 4) is 0 Å². The molecule has 2 heterocycles. The first-order valence-electron chi connectivity index (χ1n) is 5.29. The zero-order chi connectivity index (χ0) is 10.5. The molecule has 1 saturated carbocycles. The van der Waals surface area contributed by atoms with Crippen LogP contribution < -0.4 is 5.73 Å². The lowest BCUT2D eigenvalue weighted by Gasteiger charge is -2.06. The fraction of sp³-hybridized carbons (Fsp3) is 0.700. The number of aliphatic hydroxyl groups excluding tert-OH is 1. The van der Waals surface area contributed by atoms with Crippen LogP contribution in [0.4, 0.5) is 5.82 Å². The molecule has 1 aromatic rings. The number of nitrogens with two attached hydrogens (primary N) is 1. The minimum absolute atomic E-state index is 0.0677. The first-order chi connectivity index (χ1) is 7.26. The molecule has 5 nitrogen and oxygen atoms in total. The van der Waals surface area contributed by atoms with Gasteiger partial charge in [0.05, 0.1) is 32.1 Å². The van der Waals surface area contributed by atoms with Gasteiger partial charge in [-0.2, -0.15) is 5.10 Å². The summed E-state index contributed by atoms with van der Waals surface area (Å²) in [6, 6.07) is 1.92. The number of aliphatic hydroxyl groups is 1. The van der Waals surface area contributed by atoms with Crippen molar-refractivity contribution in [3.63, 3.8) is 0 Å². The summed E-state index contributed by atoms with van der Waals surface area (Å²) in [6.07, 6.45) is 1.17. The van der Waals surface area contributed by atoms with Crippen molar-refractivity contribution in [2.45, 2.75) is 18.4 Å². The monoisotopic (exact) mass is 209 g/mol. The van der Waals surface area contributed by atoms with E-state index < -0.39 is 0 Å². The average Bonchev–Trinajstić information content (AvgIpc) is 2.60. The molecule has 5 heteroatoms. The van der Waals surface area contributed by atoms with Crippen LogP contribution in [0.5, 0.6) is 0 Å². The first-order valence-corrected chi connectivity index (χ1v) is 5.29. The largest absolute Gasteiger partial charge is 0.394 e. The van der Waals surface area contributed by atoms with Gasteiger partial charge in [0, 0.05) is 11.5 Å². The molecule has 2 atom stereocenters. The fourth-order valence-corrected chi connectivity index (χ4v) is 2.50. The van der Waals surface area contributed by atoms with Gasteiger partial charge in [0.15, 0.2) is 0 Å². The maximum absolute atomic E-state index is 8.85. The van der Waals surface area contributed by atoms with E-state index in [1.165, 1.54) is 6.42 Å². The van der Waals surface area contributed by atoms with Gasteiger partial charge in [-0.25, -0.2) is 4.68 Å². The van der Waals surface area contributed by atoms with Crippen LogP contribution in [0.3, 0.4) is 0 Å². The Kier molecular flexibility index (Phi) is 1.81. The van der Waals surface area contributed by atoms with Gasteiger partial charge in [0.25, 0.3) is 0 Å². The summed E-state index contributed by atoms with van der Waals surface area (Å²) in [5.41, 5.74) is 7.01. The van der Waals surface area contributed by atoms with Crippen LogP contribution >= 0.6 is 0 Å². The summed E-state index contributed by atoms with van der Waals surface area (Å²) in [5, 5.41) is 13.3. The van der Waals surface area contributed by atoms with E-state index in [4.69, 9.17) is 15.6 Å². The third-order valence-corrected chi connectivity index (χ3v) is 3.54. The standard InChI is InChI=1S/C10H15N3O2/c11-9-3-8(12-13(9)1-2-14)10-4-7(10)5-15-6-10/h3,7,14H,1-2,4-6,11H2. The lowest BCUT2D eigenvalue weighted by molar-refractivity contribution is 0.159. The average molecular weight is 209 g/mol. The summed E-state index contributed by atoms with van der Waals surface area (Å²) in [5.74, 6) is 1.26. The van der Waals surface area contributed by atoms with E-state index >= 15 is 0 Å². The molecule has 15 heavy (non-hydrogen) atoms. The molecular weight excluding hydrogens is 194 g/mol. The lowest BCUT2D eigenvalue weighted by Crippen LogP contribution is -2.13. The number of rotatable bonds is 3. The number of nitrogen functional groups attached to an aromatic ring is 1. The van der Waals surface area contributed by atoms with E-state index in [1.54, 1.807) is 4.68 Å². The normalized spacial score (nSPS) is 33.0. The number of hydrogen-bond donors (Lipinski definition) is 2. The van der Waals surface area contributed by atoms with Crippen LogP contribution in [-0.4, -0.2) is 34.7 Å². The topological polar surface area (TPSA) is 73.3 Å². The Hall–Kier alpha value is -1.07. The van der Waals surface area contributed by atoms with Crippen LogP contribution in [-0.2, 0) is 16.7 Å². The molecule has 1 aromatic heterocycles. The minimum Gasteiger partial charge on any atom is -0.394 e. The van der Waals surface area contributed by atoms with Gasteiger partial charge in [-0.1, -0.05) is 0 Å².